The largest absolute Gasteiger partial charge is 0.484 e. The van der Waals surface area contributed by atoms with Gasteiger partial charge in [-0.15, -0.1) is 0 Å². The number of aromatic nitrogens is 1. The molecule has 0 spiro atoms. The highest BCUT2D eigenvalue weighted by molar-refractivity contribution is 6.31. The molecule has 0 atom stereocenters. The maximum absolute atomic E-state index is 13.3. The molecule has 20 heavy (non-hydrogen) atoms. The number of nitrogens with zero attached hydrogens (tertiary/aromatic N) is 1. The molecule has 0 radical (unpaired) electrons. The summed E-state index contributed by atoms with van der Waals surface area (Å²) in [5, 5.41) is 0.00843. The van der Waals surface area contributed by atoms with Crippen LogP contribution in [0.4, 0.5) is 10.1 Å². The first-order valence-electron chi connectivity index (χ1n) is 5.84. The van der Waals surface area contributed by atoms with Crippen molar-refractivity contribution in [2.45, 2.75) is 6.61 Å². The summed E-state index contributed by atoms with van der Waals surface area (Å²) in [4.78, 5) is 4.18. The number of halogens is 2. The molecule has 6 heteroatoms. The zero-order valence-corrected chi connectivity index (χ0v) is 11.0. The monoisotopic (exact) mass is 292 g/mol. The third-order valence-electron chi connectivity index (χ3n) is 2.70. The van der Waals surface area contributed by atoms with E-state index < -0.39 is 5.82 Å². The lowest BCUT2D eigenvalue weighted by Gasteiger charge is -2.03. The molecule has 0 aliphatic carbocycles. The summed E-state index contributed by atoms with van der Waals surface area (Å²) in [5.41, 5.74) is 7.07. The summed E-state index contributed by atoms with van der Waals surface area (Å²) < 4.78 is 24.2. The fourth-order valence-electron chi connectivity index (χ4n) is 1.78. The maximum Gasteiger partial charge on any atom is 0.233 e. The van der Waals surface area contributed by atoms with Crippen LogP contribution >= 0.6 is 11.6 Å². The predicted molar refractivity (Wildman–Crippen MR) is 74.2 cm³/mol. The highest BCUT2D eigenvalue weighted by Crippen LogP contribution is 2.24. The zero-order valence-electron chi connectivity index (χ0n) is 10.3. The van der Waals surface area contributed by atoms with Crippen molar-refractivity contribution < 1.29 is 13.5 Å². The fourth-order valence-corrected chi connectivity index (χ4v) is 1.94. The second-order valence-corrected chi connectivity index (χ2v) is 4.61. The van der Waals surface area contributed by atoms with Crippen LogP contribution in [0.25, 0.3) is 11.1 Å². The van der Waals surface area contributed by atoms with Crippen LogP contribution in [0.2, 0.25) is 5.02 Å². The van der Waals surface area contributed by atoms with Crippen LogP contribution in [0.5, 0.6) is 5.75 Å². The Labute approximate surface area is 118 Å². The lowest BCUT2D eigenvalue weighted by atomic mass is 10.3. The van der Waals surface area contributed by atoms with Gasteiger partial charge in [0.1, 0.15) is 17.1 Å². The van der Waals surface area contributed by atoms with Crippen LogP contribution in [0.15, 0.2) is 40.8 Å². The number of oxazole rings is 1. The van der Waals surface area contributed by atoms with E-state index in [0.29, 0.717) is 28.4 Å². The zero-order chi connectivity index (χ0) is 14.1. The predicted octanol–water partition coefficient (Wildman–Crippen LogP) is 3.78. The molecule has 0 unspecified atom stereocenters. The van der Waals surface area contributed by atoms with Crippen LogP contribution in [-0.4, -0.2) is 4.98 Å². The molecule has 3 rings (SSSR count). The normalized spacial score (nSPS) is 10.9. The lowest BCUT2D eigenvalue weighted by molar-refractivity contribution is 0.267. The van der Waals surface area contributed by atoms with E-state index in [-0.39, 0.29) is 11.6 Å². The van der Waals surface area contributed by atoms with Crippen molar-refractivity contribution in [3.8, 4) is 5.75 Å². The molecule has 1 aromatic heterocycles. The Morgan fingerprint density at radius 1 is 1.30 bits per heavy atom. The van der Waals surface area contributed by atoms with E-state index in [1.807, 2.05) is 0 Å². The number of nitrogen functional groups attached to an aromatic ring is 1. The van der Waals surface area contributed by atoms with Crippen molar-refractivity contribution in [3.05, 3.63) is 53.1 Å². The van der Waals surface area contributed by atoms with Gasteiger partial charge in [0.25, 0.3) is 0 Å². The summed E-state index contributed by atoms with van der Waals surface area (Å²) >= 11 is 5.69. The van der Waals surface area contributed by atoms with Crippen LogP contribution < -0.4 is 10.5 Å². The number of fused-ring (bicyclic) bond motifs is 1. The van der Waals surface area contributed by atoms with Crippen molar-refractivity contribution in [3.63, 3.8) is 0 Å². The molecule has 0 bridgehead atoms. The number of anilines is 1. The molecule has 0 aliphatic rings. The van der Waals surface area contributed by atoms with E-state index in [9.17, 15) is 4.39 Å². The third kappa shape index (κ3) is 2.53. The lowest BCUT2D eigenvalue weighted by Crippen LogP contribution is -1.96. The average Bonchev–Trinajstić information content (AvgIpc) is 2.79. The van der Waals surface area contributed by atoms with Gasteiger partial charge in [-0.2, -0.15) is 0 Å². The first-order valence-corrected chi connectivity index (χ1v) is 6.22. The Balaban J connectivity index is 1.81. The Hall–Kier alpha value is -2.27. The van der Waals surface area contributed by atoms with E-state index in [2.05, 4.69) is 4.98 Å². The van der Waals surface area contributed by atoms with Crippen molar-refractivity contribution in [2.75, 3.05) is 5.73 Å². The Kier molecular flexibility index (Phi) is 3.20. The maximum atomic E-state index is 13.3. The summed E-state index contributed by atoms with van der Waals surface area (Å²) in [5.74, 6) is 0.402. The Morgan fingerprint density at radius 2 is 2.15 bits per heavy atom. The Morgan fingerprint density at radius 3 is 2.95 bits per heavy atom. The number of hydrogen-bond donors (Lipinski definition) is 1. The smallest absolute Gasteiger partial charge is 0.233 e. The number of ether oxygens (including phenoxy) is 1. The molecule has 0 fully saturated rings. The van der Waals surface area contributed by atoms with Gasteiger partial charge < -0.3 is 14.9 Å². The first-order chi connectivity index (χ1) is 9.61. The van der Waals surface area contributed by atoms with Crippen LogP contribution in [0, 0.1) is 5.82 Å². The van der Waals surface area contributed by atoms with Crippen LogP contribution in [0.3, 0.4) is 0 Å². The molecule has 1 heterocycles. The minimum Gasteiger partial charge on any atom is -0.484 e. The molecule has 2 N–H and O–H groups in total. The quantitative estimate of drug-likeness (QED) is 0.746. The molecule has 0 amide bonds. The fraction of sp³-hybridized carbons (Fsp3) is 0.0714. The van der Waals surface area contributed by atoms with Crippen molar-refractivity contribution in [2.24, 2.45) is 0 Å². The average molecular weight is 293 g/mol. The standard InChI is InChI=1S/C14H10ClFN2O2/c15-10-5-12-13(6-11(10)16)20-14(18-12)7-19-9-3-1-2-8(17)4-9/h1-6H,7,17H2. The summed E-state index contributed by atoms with van der Waals surface area (Å²) in [6.45, 7) is 0.122. The van der Waals surface area contributed by atoms with Gasteiger partial charge in [0, 0.05) is 17.8 Å². The highest BCUT2D eigenvalue weighted by Gasteiger charge is 2.10. The number of rotatable bonds is 3. The first kappa shape index (κ1) is 12.7. The van der Waals surface area contributed by atoms with Crippen molar-refractivity contribution in [1.82, 2.24) is 4.98 Å². The second-order valence-electron chi connectivity index (χ2n) is 4.20. The van der Waals surface area contributed by atoms with Gasteiger partial charge in [0.05, 0.1) is 5.02 Å². The molecule has 4 nitrogen and oxygen atoms in total. The van der Waals surface area contributed by atoms with Gasteiger partial charge in [-0.25, -0.2) is 9.37 Å². The van der Waals surface area contributed by atoms with Gasteiger partial charge in [0.15, 0.2) is 12.2 Å². The van der Waals surface area contributed by atoms with E-state index in [1.165, 1.54) is 12.1 Å². The molecule has 0 aliphatic heterocycles. The SMILES string of the molecule is Nc1cccc(OCc2nc3cc(Cl)c(F)cc3o2)c1. The summed E-state index contributed by atoms with van der Waals surface area (Å²) in [6.07, 6.45) is 0. The minimum atomic E-state index is -0.543. The number of nitrogens with two attached hydrogens (primary N) is 1. The van der Waals surface area contributed by atoms with E-state index in [1.54, 1.807) is 24.3 Å². The summed E-state index contributed by atoms with van der Waals surface area (Å²) in [6, 6.07) is 9.63. The number of benzene rings is 2. The van der Waals surface area contributed by atoms with Crippen molar-refractivity contribution >= 4 is 28.4 Å². The van der Waals surface area contributed by atoms with Gasteiger partial charge in [-0.3, -0.25) is 0 Å². The van der Waals surface area contributed by atoms with E-state index in [4.69, 9.17) is 26.5 Å². The van der Waals surface area contributed by atoms with Gasteiger partial charge in [0.2, 0.25) is 5.89 Å². The molecule has 3 aromatic rings. The molecular formula is C14H10ClFN2O2. The third-order valence-corrected chi connectivity index (χ3v) is 2.98. The molecular weight excluding hydrogens is 283 g/mol. The molecule has 0 saturated carbocycles. The van der Waals surface area contributed by atoms with E-state index in [0.717, 1.165) is 0 Å². The molecule has 0 saturated heterocycles. The number of hydrogen-bond acceptors (Lipinski definition) is 4. The minimum absolute atomic E-state index is 0.00843. The Bertz CT molecular complexity index is 734. The highest BCUT2D eigenvalue weighted by atomic mass is 35.5. The van der Waals surface area contributed by atoms with Gasteiger partial charge in [-0.05, 0) is 18.2 Å². The summed E-state index contributed by atoms with van der Waals surface area (Å²) in [7, 11) is 0. The second kappa shape index (κ2) is 5.02. The molecule has 102 valence electrons. The molecule has 2 aromatic carbocycles. The van der Waals surface area contributed by atoms with E-state index >= 15 is 0 Å². The van der Waals surface area contributed by atoms with Crippen LogP contribution in [0.1, 0.15) is 5.89 Å². The van der Waals surface area contributed by atoms with Crippen molar-refractivity contribution in [1.29, 1.82) is 0 Å². The van der Waals surface area contributed by atoms with Crippen LogP contribution in [-0.2, 0) is 6.61 Å². The topological polar surface area (TPSA) is 61.3 Å². The van der Waals surface area contributed by atoms with Gasteiger partial charge >= 0.3 is 0 Å². The van der Waals surface area contributed by atoms with Gasteiger partial charge in [-0.1, -0.05) is 17.7 Å².